The van der Waals surface area contributed by atoms with Gasteiger partial charge in [-0.2, -0.15) is 0 Å². The summed E-state index contributed by atoms with van der Waals surface area (Å²) in [6, 6.07) is 0. The molecule has 1 aliphatic rings. The minimum absolute atomic E-state index is 0.222. The Bertz CT molecular complexity index is 200. The number of rotatable bonds is 7. The third-order valence-electron chi connectivity index (χ3n) is 3.38. The molecule has 1 saturated carbocycles. The average molecular weight is 212 g/mol. The molecule has 0 spiro atoms. The van der Waals surface area contributed by atoms with E-state index in [0.29, 0.717) is 11.8 Å². The topological polar surface area (TPSA) is 41.1 Å². The molecule has 2 N–H and O–H groups in total. The van der Waals surface area contributed by atoms with Gasteiger partial charge < -0.3 is 10.6 Å². The molecule has 1 amide bonds. The fourth-order valence-corrected chi connectivity index (χ4v) is 2.18. The number of hydrogen-bond acceptors (Lipinski definition) is 2. The van der Waals surface area contributed by atoms with Crippen LogP contribution in [0.4, 0.5) is 0 Å². The highest BCUT2D eigenvalue weighted by Crippen LogP contribution is 2.39. The van der Waals surface area contributed by atoms with E-state index >= 15 is 0 Å². The van der Waals surface area contributed by atoms with Crippen molar-refractivity contribution >= 4 is 5.91 Å². The Balaban J connectivity index is 2.19. The van der Waals surface area contributed by atoms with Crippen molar-refractivity contribution < 1.29 is 4.79 Å². The second-order valence-electron chi connectivity index (χ2n) is 4.76. The van der Waals surface area contributed by atoms with Gasteiger partial charge in [-0.3, -0.25) is 4.79 Å². The molecule has 0 aromatic heterocycles. The molecule has 88 valence electrons. The van der Waals surface area contributed by atoms with Gasteiger partial charge in [-0.05, 0) is 26.3 Å². The molecule has 1 aliphatic carbocycles. The molecule has 0 bridgehead atoms. The Kier molecular flexibility index (Phi) is 5.09. The summed E-state index contributed by atoms with van der Waals surface area (Å²) in [5.41, 5.74) is 0.358. The molecule has 0 atom stereocenters. The predicted octanol–water partition coefficient (Wildman–Crippen LogP) is 1.68. The van der Waals surface area contributed by atoms with E-state index in [2.05, 4.69) is 17.6 Å². The van der Waals surface area contributed by atoms with Crippen LogP contribution < -0.4 is 10.6 Å². The lowest BCUT2D eigenvalue weighted by molar-refractivity contribution is -0.122. The summed E-state index contributed by atoms with van der Waals surface area (Å²) in [6.07, 6.45) is 6.60. The molecule has 15 heavy (non-hydrogen) atoms. The standard InChI is InChI=1S/C12H24N2O/c1-3-4-6-11(15)14-10-12(9-13-2)7-5-8-12/h13H,3-10H2,1-2H3,(H,14,15). The highest BCUT2D eigenvalue weighted by molar-refractivity contribution is 5.75. The predicted molar refractivity (Wildman–Crippen MR) is 62.7 cm³/mol. The van der Waals surface area contributed by atoms with E-state index in [4.69, 9.17) is 0 Å². The highest BCUT2D eigenvalue weighted by atomic mass is 16.1. The van der Waals surface area contributed by atoms with E-state index in [0.717, 1.165) is 25.9 Å². The van der Waals surface area contributed by atoms with Crippen molar-refractivity contribution in [3.8, 4) is 0 Å². The summed E-state index contributed by atoms with van der Waals surface area (Å²) in [7, 11) is 1.99. The molecule has 0 saturated heterocycles. The van der Waals surface area contributed by atoms with Crippen molar-refractivity contribution in [2.24, 2.45) is 5.41 Å². The smallest absolute Gasteiger partial charge is 0.220 e. The first-order chi connectivity index (χ1) is 7.22. The second kappa shape index (κ2) is 6.11. The van der Waals surface area contributed by atoms with Crippen LogP contribution in [-0.2, 0) is 4.79 Å². The van der Waals surface area contributed by atoms with Gasteiger partial charge in [-0.1, -0.05) is 19.8 Å². The number of amides is 1. The second-order valence-corrected chi connectivity index (χ2v) is 4.76. The van der Waals surface area contributed by atoms with Gasteiger partial charge in [-0.25, -0.2) is 0 Å². The third-order valence-corrected chi connectivity index (χ3v) is 3.38. The van der Waals surface area contributed by atoms with Crippen molar-refractivity contribution in [2.75, 3.05) is 20.1 Å². The van der Waals surface area contributed by atoms with Gasteiger partial charge in [0.15, 0.2) is 0 Å². The van der Waals surface area contributed by atoms with Gasteiger partial charge in [0.2, 0.25) is 5.91 Å². The number of nitrogens with one attached hydrogen (secondary N) is 2. The Hall–Kier alpha value is -0.570. The molecule has 0 aliphatic heterocycles. The monoisotopic (exact) mass is 212 g/mol. The maximum absolute atomic E-state index is 11.5. The largest absolute Gasteiger partial charge is 0.355 e. The van der Waals surface area contributed by atoms with Crippen molar-refractivity contribution in [3.05, 3.63) is 0 Å². The Morgan fingerprint density at radius 3 is 2.53 bits per heavy atom. The number of carbonyl (C=O) groups is 1. The van der Waals surface area contributed by atoms with Crippen molar-refractivity contribution in [2.45, 2.75) is 45.4 Å². The minimum Gasteiger partial charge on any atom is -0.355 e. The fourth-order valence-electron chi connectivity index (χ4n) is 2.18. The van der Waals surface area contributed by atoms with Crippen LogP contribution in [0.2, 0.25) is 0 Å². The minimum atomic E-state index is 0.222. The molecule has 0 heterocycles. The molecule has 1 fully saturated rings. The van der Waals surface area contributed by atoms with E-state index < -0.39 is 0 Å². The highest BCUT2D eigenvalue weighted by Gasteiger charge is 2.36. The molecule has 3 heteroatoms. The van der Waals surface area contributed by atoms with Gasteiger partial charge in [0.05, 0.1) is 0 Å². The molecule has 0 aromatic carbocycles. The summed E-state index contributed by atoms with van der Waals surface area (Å²) in [6.45, 7) is 4.00. The summed E-state index contributed by atoms with van der Waals surface area (Å²) < 4.78 is 0. The lowest BCUT2D eigenvalue weighted by Crippen LogP contribution is -2.47. The normalized spacial score (nSPS) is 18.3. The average Bonchev–Trinajstić information content (AvgIpc) is 2.18. The summed E-state index contributed by atoms with van der Waals surface area (Å²) in [5.74, 6) is 0.222. The van der Waals surface area contributed by atoms with E-state index in [9.17, 15) is 4.79 Å². The van der Waals surface area contributed by atoms with Gasteiger partial charge in [0.25, 0.3) is 0 Å². The van der Waals surface area contributed by atoms with Crippen molar-refractivity contribution in [1.82, 2.24) is 10.6 Å². The number of unbranched alkanes of at least 4 members (excludes halogenated alkanes) is 1. The quantitative estimate of drug-likeness (QED) is 0.674. The molecule has 1 rings (SSSR count). The van der Waals surface area contributed by atoms with E-state index in [1.165, 1.54) is 19.3 Å². The van der Waals surface area contributed by atoms with Crippen LogP contribution in [0.15, 0.2) is 0 Å². The fraction of sp³-hybridized carbons (Fsp3) is 0.917. The molecule has 0 unspecified atom stereocenters. The SMILES string of the molecule is CCCCC(=O)NCC1(CNC)CCC1. The van der Waals surface area contributed by atoms with Gasteiger partial charge in [0.1, 0.15) is 0 Å². The molecule has 0 aromatic rings. The van der Waals surface area contributed by atoms with Crippen molar-refractivity contribution in [3.63, 3.8) is 0 Å². The Morgan fingerprint density at radius 1 is 1.33 bits per heavy atom. The molecular weight excluding hydrogens is 188 g/mol. The summed E-state index contributed by atoms with van der Waals surface area (Å²) >= 11 is 0. The van der Waals surface area contributed by atoms with Crippen LogP contribution in [-0.4, -0.2) is 26.0 Å². The van der Waals surface area contributed by atoms with Crippen LogP contribution in [0.25, 0.3) is 0 Å². The maximum Gasteiger partial charge on any atom is 0.220 e. The first-order valence-electron chi connectivity index (χ1n) is 6.14. The Morgan fingerprint density at radius 2 is 2.07 bits per heavy atom. The summed E-state index contributed by atoms with van der Waals surface area (Å²) in [5, 5.41) is 6.29. The Labute approximate surface area is 93.0 Å². The van der Waals surface area contributed by atoms with E-state index in [1.54, 1.807) is 0 Å². The maximum atomic E-state index is 11.5. The van der Waals surface area contributed by atoms with Gasteiger partial charge in [0, 0.05) is 24.9 Å². The number of carbonyl (C=O) groups excluding carboxylic acids is 1. The zero-order valence-corrected chi connectivity index (χ0v) is 10.1. The molecule has 0 radical (unpaired) electrons. The van der Waals surface area contributed by atoms with E-state index in [1.807, 2.05) is 7.05 Å². The molecule has 3 nitrogen and oxygen atoms in total. The molecular formula is C12H24N2O. The van der Waals surface area contributed by atoms with Crippen LogP contribution in [0.1, 0.15) is 45.4 Å². The third kappa shape index (κ3) is 3.82. The van der Waals surface area contributed by atoms with Crippen LogP contribution in [0.5, 0.6) is 0 Å². The first-order valence-corrected chi connectivity index (χ1v) is 6.14. The lowest BCUT2D eigenvalue weighted by Gasteiger charge is -2.42. The van der Waals surface area contributed by atoms with Crippen LogP contribution in [0.3, 0.4) is 0 Å². The number of hydrogen-bond donors (Lipinski definition) is 2. The van der Waals surface area contributed by atoms with Crippen molar-refractivity contribution in [1.29, 1.82) is 0 Å². The van der Waals surface area contributed by atoms with Crippen LogP contribution in [0, 0.1) is 5.41 Å². The zero-order chi connectivity index (χ0) is 11.1. The van der Waals surface area contributed by atoms with Crippen LogP contribution >= 0.6 is 0 Å². The van der Waals surface area contributed by atoms with Gasteiger partial charge in [-0.15, -0.1) is 0 Å². The van der Waals surface area contributed by atoms with E-state index in [-0.39, 0.29) is 5.91 Å². The zero-order valence-electron chi connectivity index (χ0n) is 10.1. The first kappa shape index (κ1) is 12.5. The lowest BCUT2D eigenvalue weighted by atomic mass is 9.68. The summed E-state index contributed by atoms with van der Waals surface area (Å²) in [4.78, 5) is 11.5. The van der Waals surface area contributed by atoms with Gasteiger partial charge >= 0.3 is 0 Å².